The molecular weight excluding hydrogens is 178 g/mol. The summed E-state index contributed by atoms with van der Waals surface area (Å²) in [5, 5.41) is 11.6. The molecule has 70 valence electrons. The molecule has 0 aromatic rings. The first-order valence-electron chi connectivity index (χ1n) is 3.91. The normalized spacial score (nSPS) is 19.0. The van der Waals surface area contributed by atoms with Crippen molar-refractivity contribution < 1.29 is 9.90 Å². The van der Waals surface area contributed by atoms with Crippen molar-refractivity contribution in [1.82, 2.24) is 5.32 Å². The molecule has 1 heterocycles. The lowest BCUT2D eigenvalue weighted by atomic mass is 9.98. The molecule has 0 aromatic carbocycles. The van der Waals surface area contributed by atoms with Crippen molar-refractivity contribution in [2.45, 2.75) is 12.8 Å². The molecule has 1 aliphatic rings. The Morgan fingerprint density at radius 3 is 2.50 bits per heavy atom. The van der Waals surface area contributed by atoms with Crippen molar-refractivity contribution in [2.75, 3.05) is 13.1 Å². The molecule has 0 atom stereocenters. The highest BCUT2D eigenvalue weighted by Crippen LogP contribution is 2.12. The summed E-state index contributed by atoms with van der Waals surface area (Å²) in [6.07, 6.45) is 5.16. The molecular formula is C8H14ClNO2. The van der Waals surface area contributed by atoms with Crippen LogP contribution in [-0.4, -0.2) is 24.2 Å². The van der Waals surface area contributed by atoms with Gasteiger partial charge in [0.05, 0.1) is 0 Å². The molecule has 3 nitrogen and oxygen atoms in total. The number of carbonyl (C=O) groups is 1. The van der Waals surface area contributed by atoms with Gasteiger partial charge in [-0.05, 0) is 31.8 Å². The van der Waals surface area contributed by atoms with Crippen LogP contribution in [0, 0.1) is 5.92 Å². The highest BCUT2D eigenvalue weighted by molar-refractivity contribution is 5.85. The second-order valence-electron chi connectivity index (χ2n) is 2.78. The molecule has 1 saturated heterocycles. The summed E-state index contributed by atoms with van der Waals surface area (Å²) in [7, 11) is 0. The van der Waals surface area contributed by atoms with Gasteiger partial charge in [0, 0.05) is 6.08 Å². The molecule has 12 heavy (non-hydrogen) atoms. The van der Waals surface area contributed by atoms with Gasteiger partial charge in [0.15, 0.2) is 0 Å². The molecule has 1 aliphatic heterocycles. The predicted octanol–water partition coefficient (Wildman–Crippen LogP) is 1.05. The van der Waals surface area contributed by atoms with Gasteiger partial charge in [0.25, 0.3) is 0 Å². The van der Waals surface area contributed by atoms with Crippen LogP contribution in [-0.2, 0) is 4.79 Å². The third-order valence-electron chi connectivity index (χ3n) is 1.89. The number of piperidine rings is 1. The first kappa shape index (κ1) is 11.5. The summed E-state index contributed by atoms with van der Waals surface area (Å²) >= 11 is 0. The van der Waals surface area contributed by atoms with Crippen molar-refractivity contribution >= 4 is 18.4 Å². The Morgan fingerprint density at radius 1 is 1.42 bits per heavy atom. The van der Waals surface area contributed by atoms with Crippen LogP contribution in [0.15, 0.2) is 12.2 Å². The second kappa shape index (κ2) is 6.03. The van der Waals surface area contributed by atoms with Gasteiger partial charge in [-0.1, -0.05) is 6.08 Å². The van der Waals surface area contributed by atoms with Crippen LogP contribution in [0.25, 0.3) is 0 Å². The van der Waals surface area contributed by atoms with Crippen LogP contribution in [0.4, 0.5) is 0 Å². The average Bonchev–Trinajstić information content (AvgIpc) is 2.03. The molecule has 1 rings (SSSR count). The van der Waals surface area contributed by atoms with E-state index >= 15 is 0 Å². The number of rotatable bonds is 2. The largest absolute Gasteiger partial charge is 0.478 e. The quantitative estimate of drug-likeness (QED) is 0.642. The fourth-order valence-electron chi connectivity index (χ4n) is 1.26. The molecule has 0 amide bonds. The molecule has 0 aliphatic carbocycles. The van der Waals surface area contributed by atoms with Gasteiger partial charge < -0.3 is 10.4 Å². The van der Waals surface area contributed by atoms with Gasteiger partial charge in [0.2, 0.25) is 0 Å². The molecule has 0 spiro atoms. The minimum Gasteiger partial charge on any atom is -0.478 e. The van der Waals surface area contributed by atoms with Crippen LogP contribution in [0.2, 0.25) is 0 Å². The maximum absolute atomic E-state index is 10.1. The number of nitrogens with one attached hydrogen (secondary N) is 1. The number of carboxylic acids is 1. The Morgan fingerprint density at radius 2 is 2.00 bits per heavy atom. The summed E-state index contributed by atoms with van der Waals surface area (Å²) in [4.78, 5) is 10.1. The summed E-state index contributed by atoms with van der Waals surface area (Å²) in [6.45, 7) is 2.02. The molecule has 0 saturated carbocycles. The highest BCUT2D eigenvalue weighted by Gasteiger charge is 2.09. The van der Waals surface area contributed by atoms with E-state index in [2.05, 4.69) is 5.32 Å². The number of hydrogen-bond acceptors (Lipinski definition) is 2. The molecule has 0 aromatic heterocycles. The zero-order valence-electron chi connectivity index (χ0n) is 6.82. The zero-order chi connectivity index (χ0) is 8.10. The van der Waals surface area contributed by atoms with Gasteiger partial charge >= 0.3 is 5.97 Å². The van der Waals surface area contributed by atoms with E-state index in [9.17, 15) is 4.79 Å². The molecule has 1 fully saturated rings. The van der Waals surface area contributed by atoms with E-state index in [1.165, 1.54) is 6.08 Å². The van der Waals surface area contributed by atoms with Crippen LogP contribution in [0.3, 0.4) is 0 Å². The lowest BCUT2D eigenvalue weighted by molar-refractivity contribution is -0.131. The third-order valence-corrected chi connectivity index (χ3v) is 1.89. The number of halogens is 1. The number of carboxylic acid groups (broad SMARTS) is 1. The van der Waals surface area contributed by atoms with E-state index in [0.29, 0.717) is 5.92 Å². The summed E-state index contributed by atoms with van der Waals surface area (Å²) < 4.78 is 0. The van der Waals surface area contributed by atoms with E-state index in [0.717, 1.165) is 25.9 Å². The van der Waals surface area contributed by atoms with E-state index in [1.54, 1.807) is 6.08 Å². The monoisotopic (exact) mass is 191 g/mol. The van der Waals surface area contributed by atoms with Gasteiger partial charge in [-0.25, -0.2) is 4.79 Å². The number of aliphatic carboxylic acids is 1. The first-order valence-corrected chi connectivity index (χ1v) is 3.91. The fourth-order valence-corrected chi connectivity index (χ4v) is 1.26. The molecule has 4 heteroatoms. The number of allylic oxidation sites excluding steroid dienone is 1. The molecule has 2 N–H and O–H groups in total. The Bertz CT molecular complexity index is 164. The minimum absolute atomic E-state index is 0. The lowest BCUT2D eigenvalue weighted by Crippen LogP contribution is -2.26. The summed E-state index contributed by atoms with van der Waals surface area (Å²) in [5.41, 5.74) is 0. The zero-order valence-corrected chi connectivity index (χ0v) is 7.64. The molecule has 0 unspecified atom stereocenters. The van der Waals surface area contributed by atoms with Crippen molar-refractivity contribution in [2.24, 2.45) is 5.92 Å². The van der Waals surface area contributed by atoms with Crippen LogP contribution in [0.5, 0.6) is 0 Å². The molecule has 0 radical (unpaired) electrons. The Labute approximate surface area is 78.3 Å². The second-order valence-corrected chi connectivity index (χ2v) is 2.78. The van der Waals surface area contributed by atoms with Gasteiger partial charge in [-0.15, -0.1) is 12.4 Å². The highest BCUT2D eigenvalue weighted by atomic mass is 35.5. The van der Waals surface area contributed by atoms with E-state index < -0.39 is 5.97 Å². The number of hydrogen-bond donors (Lipinski definition) is 2. The summed E-state index contributed by atoms with van der Waals surface area (Å²) in [5.74, 6) is -0.379. The van der Waals surface area contributed by atoms with Crippen molar-refractivity contribution in [3.05, 3.63) is 12.2 Å². The molecule has 0 bridgehead atoms. The lowest BCUT2D eigenvalue weighted by Gasteiger charge is -2.18. The van der Waals surface area contributed by atoms with Gasteiger partial charge in [-0.2, -0.15) is 0 Å². The third kappa shape index (κ3) is 4.36. The topological polar surface area (TPSA) is 49.3 Å². The minimum atomic E-state index is -0.844. The SMILES string of the molecule is Cl.O=C(O)C=CC1CCNCC1. The predicted molar refractivity (Wildman–Crippen MR) is 49.6 cm³/mol. The van der Waals surface area contributed by atoms with Crippen molar-refractivity contribution in [1.29, 1.82) is 0 Å². The van der Waals surface area contributed by atoms with Gasteiger partial charge in [0.1, 0.15) is 0 Å². The summed E-state index contributed by atoms with van der Waals surface area (Å²) in [6, 6.07) is 0. The Kier molecular flexibility index (Phi) is 5.76. The average molecular weight is 192 g/mol. The van der Waals surface area contributed by atoms with Crippen molar-refractivity contribution in [3.63, 3.8) is 0 Å². The standard InChI is InChI=1S/C8H13NO2.ClH/c10-8(11)2-1-7-3-5-9-6-4-7;/h1-2,7,9H,3-6H2,(H,10,11);1H. The maximum atomic E-state index is 10.1. The fraction of sp³-hybridized carbons (Fsp3) is 0.625. The van der Waals surface area contributed by atoms with E-state index in [-0.39, 0.29) is 12.4 Å². The van der Waals surface area contributed by atoms with Crippen LogP contribution in [0.1, 0.15) is 12.8 Å². The smallest absolute Gasteiger partial charge is 0.327 e. The van der Waals surface area contributed by atoms with Crippen LogP contribution >= 0.6 is 12.4 Å². The Balaban J connectivity index is 0.00000121. The van der Waals surface area contributed by atoms with E-state index in [1.807, 2.05) is 0 Å². The van der Waals surface area contributed by atoms with Crippen LogP contribution < -0.4 is 5.32 Å². The maximum Gasteiger partial charge on any atom is 0.327 e. The Hall–Kier alpha value is -0.540. The first-order chi connectivity index (χ1) is 5.29. The van der Waals surface area contributed by atoms with Gasteiger partial charge in [-0.3, -0.25) is 0 Å². The van der Waals surface area contributed by atoms with E-state index in [4.69, 9.17) is 5.11 Å². The van der Waals surface area contributed by atoms with Crippen molar-refractivity contribution in [3.8, 4) is 0 Å².